The number of carbonyl (C=O) groups excluding carboxylic acids is 1. The van der Waals surface area contributed by atoms with Crippen molar-refractivity contribution in [1.29, 1.82) is 0 Å². The van der Waals surface area contributed by atoms with E-state index in [-0.39, 0.29) is 30.7 Å². The van der Waals surface area contributed by atoms with Gasteiger partial charge in [0.2, 0.25) is 5.91 Å². The van der Waals surface area contributed by atoms with Crippen LogP contribution in [-0.2, 0) is 21.6 Å². The number of aromatic nitrogens is 1. The van der Waals surface area contributed by atoms with Gasteiger partial charge < -0.3 is 20.7 Å². The molecule has 6 nitrogen and oxygen atoms in total. The Morgan fingerprint density at radius 2 is 1.85 bits per heavy atom. The van der Waals surface area contributed by atoms with Crippen molar-refractivity contribution >= 4 is 36.5 Å². The van der Waals surface area contributed by atoms with E-state index >= 15 is 0 Å². The Hall–Kier alpha value is -1.86. The summed E-state index contributed by atoms with van der Waals surface area (Å²) in [5.41, 5.74) is 6.88. The first-order valence-electron chi connectivity index (χ1n) is 8.48. The zero-order valence-corrected chi connectivity index (χ0v) is 16.9. The Kier molecular flexibility index (Phi) is 8.99. The SMILES string of the molecule is CC(N)(C(=O)NCc1ccc(N2CCOCC2)nc1)c1ccccc1.Cl.Cl. The fourth-order valence-electron chi connectivity index (χ4n) is 2.78. The van der Waals surface area contributed by atoms with Crippen LogP contribution in [0.3, 0.4) is 0 Å². The normalized spacial score (nSPS) is 15.7. The molecule has 8 heteroatoms. The molecule has 0 saturated carbocycles. The molecule has 1 amide bonds. The molecule has 3 N–H and O–H groups in total. The molecule has 1 fully saturated rings. The lowest BCUT2D eigenvalue weighted by Crippen LogP contribution is -2.48. The summed E-state index contributed by atoms with van der Waals surface area (Å²) in [6, 6.07) is 13.3. The number of halogens is 2. The van der Waals surface area contributed by atoms with E-state index in [2.05, 4.69) is 15.2 Å². The first kappa shape index (κ1) is 23.2. The van der Waals surface area contributed by atoms with Crippen LogP contribution in [0.5, 0.6) is 0 Å². The van der Waals surface area contributed by atoms with Crippen LogP contribution in [-0.4, -0.2) is 37.2 Å². The molecule has 2 aromatic rings. The van der Waals surface area contributed by atoms with E-state index < -0.39 is 5.54 Å². The van der Waals surface area contributed by atoms with Crippen LogP contribution < -0.4 is 16.0 Å². The molecule has 1 saturated heterocycles. The average Bonchev–Trinajstić information content (AvgIpc) is 2.68. The fourth-order valence-corrected chi connectivity index (χ4v) is 2.78. The van der Waals surface area contributed by atoms with Crippen molar-refractivity contribution in [3.05, 3.63) is 59.8 Å². The number of ether oxygens (including phenoxy) is 1. The van der Waals surface area contributed by atoms with Gasteiger partial charge in [-0.1, -0.05) is 36.4 Å². The van der Waals surface area contributed by atoms with E-state index in [9.17, 15) is 4.79 Å². The van der Waals surface area contributed by atoms with Crippen LogP contribution in [0.2, 0.25) is 0 Å². The molecule has 0 aliphatic carbocycles. The minimum Gasteiger partial charge on any atom is -0.378 e. The zero-order valence-electron chi connectivity index (χ0n) is 15.3. The molecule has 148 valence electrons. The topological polar surface area (TPSA) is 80.5 Å². The van der Waals surface area contributed by atoms with Crippen molar-refractivity contribution in [1.82, 2.24) is 10.3 Å². The molecule has 27 heavy (non-hydrogen) atoms. The van der Waals surface area contributed by atoms with Gasteiger partial charge in [-0.15, -0.1) is 24.8 Å². The standard InChI is InChI=1S/C19H24N4O2.2ClH/c1-19(20,16-5-3-2-4-6-16)18(24)22-14-15-7-8-17(21-13-15)23-9-11-25-12-10-23;;/h2-8,13H,9-12,14,20H2,1H3,(H,22,24);2*1H. The summed E-state index contributed by atoms with van der Waals surface area (Å²) in [6.07, 6.45) is 1.79. The lowest BCUT2D eigenvalue weighted by atomic mass is 9.92. The second-order valence-electron chi connectivity index (χ2n) is 6.38. The van der Waals surface area contributed by atoms with Gasteiger partial charge in [-0.2, -0.15) is 0 Å². The van der Waals surface area contributed by atoms with Crippen molar-refractivity contribution in [2.75, 3.05) is 31.2 Å². The fraction of sp³-hybridized carbons (Fsp3) is 0.368. The molecule has 0 bridgehead atoms. The lowest BCUT2D eigenvalue weighted by Gasteiger charge is -2.27. The molecule has 3 rings (SSSR count). The summed E-state index contributed by atoms with van der Waals surface area (Å²) < 4.78 is 5.35. The minimum atomic E-state index is -1.07. The van der Waals surface area contributed by atoms with E-state index in [1.807, 2.05) is 42.5 Å². The molecular weight excluding hydrogens is 387 g/mol. The minimum absolute atomic E-state index is 0. The highest BCUT2D eigenvalue weighted by Gasteiger charge is 2.29. The third-order valence-electron chi connectivity index (χ3n) is 4.44. The van der Waals surface area contributed by atoms with Crippen molar-refractivity contribution < 1.29 is 9.53 Å². The largest absolute Gasteiger partial charge is 0.378 e. The predicted octanol–water partition coefficient (Wildman–Crippen LogP) is 2.25. The third-order valence-corrected chi connectivity index (χ3v) is 4.44. The average molecular weight is 413 g/mol. The van der Waals surface area contributed by atoms with Crippen LogP contribution in [0, 0.1) is 0 Å². The van der Waals surface area contributed by atoms with Gasteiger partial charge in [-0.3, -0.25) is 4.79 Å². The number of benzene rings is 1. The molecule has 0 radical (unpaired) electrons. The molecule has 1 atom stereocenters. The number of rotatable bonds is 5. The lowest BCUT2D eigenvalue weighted by molar-refractivity contribution is -0.126. The van der Waals surface area contributed by atoms with Gasteiger partial charge in [0.1, 0.15) is 11.4 Å². The van der Waals surface area contributed by atoms with Crippen molar-refractivity contribution in [2.45, 2.75) is 19.0 Å². The molecule has 1 aromatic carbocycles. The molecular formula is C19H26Cl2N4O2. The molecule has 1 unspecified atom stereocenters. The van der Waals surface area contributed by atoms with Gasteiger partial charge in [0.25, 0.3) is 0 Å². The van der Waals surface area contributed by atoms with Gasteiger partial charge in [0.15, 0.2) is 0 Å². The van der Waals surface area contributed by atoms with Crippen LogP contribution in [0.4, 0.5) is 5.82 Å². The van der Waals surface area contributed by atoms with Gasteiger partial charge in [0.05, 0.1) is 13.2 Å². The number of hydrogen-bond donors (Lipinski definition) is 2. The van der Waals surface area contributed by atoms with Crippen molar-refractivity contribution in [3.63, 3.8) is 0 Å². The second kappa shape index (κ2) is 10.5. The van der Waals surface area contributed by atoms with Gasteiger partial charge in [-0.25, -0.2) is 4.98 Å². The zero-order chi connectivity index (χ0) is 17.7. The number of pyridine rings is 1. The summed E-state index contributed by atoms with van der Waals surface area (Å²) in [6.45, 7) is 5.28. The van der Waals surface area contributed by atoms with Crippen LogP contribution in [0.25, 0.3) is 0 Å². The first-order chi connectivity index (χ1) is 12.1. The summed E-state index contributed by atoms with van der Waals surface area (Å²) in [5, 5.41) is 2.90. The Morgan fingerprint density at radius 3 is 2.44 bits per heavy atom. The Morgan fingerprint density at radius 1 is 1.19 bits per heavy atom. The van der Waals surface area contributed by atoms with E-state index in [0.29, 0.717) is 6.54 Å². The number of anilines is 1. The highest BCUT2D eigenvalue weighted by atomic mass is 35.5. The van der Waals surface area contributed by atoms with Gasteiger partial charge in [0, 0.05) is 25.8 Å². The Balaban J connectivity index is 0.00000182. The number of amides is 1. The van der Waals surface area contributed by atoms with E-state index in [1.54, 1.807) is 13.1 Å². The smallest absolute Gasteiger partial charge is 0.244 e. The first-order valence-corrected chi connectivity index (χ1v) is 8.48. The summed E-state index contributed by atoms with van der Waals surface area (Å²) in [7, 11) is 0. The number of nitrogens with two attached hydrogens (primary N) is 1. The van der Waals surface area contributed by atoms with E-state index in [4.69, 9.17) is 10.5 Å². The van der Waals surface area contributed by atoms with Crippen LogP contribution >= 0.6 is 24.8 Å². The number of nitrogens with one attached hydrogen (secondary N) is 1. The molecule has 1 aliphatic heterocycles. The molecule has 2 heterocycles. The van der Waals surface area contributed by atoms with Crippen molar-refractivity contribution in [2.24, 2.45) is 5.73 Å². The van der Waals surface area contributed by atoms with E-state index in [1.165, 1.54) is 0 Å². The quantitative estimate of drug-likeness (QED) is 0.786. The summed E-state index contributed by atoms with van der Waals surface area (Å²) >= 11 is 0. The van der Waals surface area contributed by atoms with E-state index in [0.717, 1.165) is 43.2 Å². The molecule has 0 spiro atoms. The van der Waals surface area contributed by atoms with Crippen molar-refractivity contribution in [3.8, 4) is 0 Å². The highest BCUT2D eigenvalue weighted by Crippen LogP contribution is 2.18. The molecule has 1 aliphatic rings. The van der Waals surface area contributed by atoms with Gasteiger partial charge in [-0.05, 0) is 24.1 Å². The number of morpholine rings is 1. The van der Waals surface area contributed by atoms with Crippen LogP contribution in [0.15, 0.2) is 48.7 Å². The third kappa shape index (κ3) is 5.81. The highest BCUT2D eigenvalue weighted by molar-refractivity contribution is 5.87. The maximum absolute atomic E-state index is 12.5. The van der Waals surface area contributed by atoms with Crippen LogP contribution in [0.1, 0.15) is 18.1 Å². The predicted molar refractivity (Wildman–Crippen MR) is 112 cm³/mol. The monoisotopic (exact) mass is 412 g/mol. The second-order valence-corrected chi connectivity index (χ2v) is 6.38. The molecule has 1 aromatic heterocycles. The Labute approximate surface area is 172 Å². The van der Waals surface area contributed by atoms with Gasteiger partial charge >= 0.3 is 0 Å². The number of nitrogens with zero attached hydrogens (tertiary/aromatic N) is 2. The Bertz CT molecular complexity index is 705. The number of carbonyl (C=O) groups is 1. The summed E-state index contributed by atoms with van der Waals surface area (Å²) in [4.78, 5) is 19.2. The maximum atomic E-state index is 12.5. The summed E-state index contributed by atoms with van der Waals surface area (Å²) in [5.74, 6) is 0.724. The maximum Gasteiger partial charge on any atom is 0.244 e. The number of hydrogen-bond acceptors (Lipinski definition) is 5.